The molecule has 2 aromatic carbocycles. The molecular weight excluding hydrogens is 381 g/mol. The van der Waals surface area contributed by atoms with Crippen molar-refractivity contribution < 1.29 is 23.6 Å². The molecule has 0 fully saturated rings. The second-order valence-electron chi connectivity index (χ2n) is 5.72. The number of ether oxygens (including phenoxy) is 2. The number of anilines is 1. The fraction of sp³-hybridized carbons (Fsp3) is 0.235. The molecule has 142 valence electrons. The molecule has 10 heteroatoms. The van der Waals surface area contributed by atoms with E-state index in [1.54, 1.807) is 0 Å². The van der Waals surface area contributed by atoms with E-state index in [9.17, 15) is 19.3 Å². The van der Waals surface area contributed by atoms with Crippen LogP contribution in [0.4, 0.5) is 20.6 Å². The van der Waals surface area contributed by atoms with Gasteiger partial charge in [0, 0.05) is 23.9 Å². The lowest BCUT2D eigenvalue weighted by Crippen LogP contribution is -2.30. The van der Waals surface area contributed by atoms with Gasteiger partial charge in [-0.25, -0.2) is 9.18 Å². The van der Waals surface area contributed by atoms with E-state index >= 15 is 0 Å². The van der Waals surface area contributed by atoms with Crippen molar-refractivity contribution in [3.63, 3.8) is 0 Å². The predicted octanol–water partition coefficient (Wildman–Crippen LogP) is 3.62. The monoisotopic (exact) mass is 395 g/mol. The van der Waals surface area contributed by atoms with Crippen molar-refractivity contribution in [3.05, 3.63) is 62.4 Å². The number of fused-ring (bicyclic) bond motifs is 1. The number of nitro benzene ring substituents is 1. The zero-order valence-electron chi connectivity index (χ0n) is 14.0. The van der Waals surface area contributed by atoms with Gasteiger partial charge in [-0.3, -0.25) is 10.1 Å². The summed E-state index contributed by atoms with van der Waals surface area (Å²) in [7, 11) is 0. The van der Waals surface area contributed by atoms with Gasteiger partial charge in [0.15, 0.2) is 6.79 Å². The third kappa shape index (κ3) is 4.63. The number of carbonyl (C=O) groups excluding carboxylic acids is 1. The minimum absolute atomic E-state index is 0.0224. The van der Waals surface area contributed by atoms with Crippen LogP contribution in [0.25, 0.3) is 0 Å². The quantitative estimate of drug-likeness (QED) is 0.594. The highest BCUT2D eigenvalue weighted by Gasteiger charge is 2.17. The van der Waals surface area contributed by atoms with Crippen LogP contribution in [0.15, 0.2) is 30.3 Å². The van der Waals surface area contributed by atoms with Crippen LogP contribution in [0.1, 0.15) is 11.1 Å². The number of nitrogens with zero attached hydrogens (tertiary/aromatic N) is 1. The minimum atomic E-state index is -0.637. The molecule has 0 saturated heterocycles. The molecule has 0 aliphatic carbocycles. The molecular formula is C17H15ClFN3O5. The van der Waals surface area contributed by atoms with Gasteiger partial charge in [-0.15, -0.1) is 0 Å². The van der Waals surface area contributed by atoms with E-state index in [2.05, 4.69) is 10.6 Å². The Morgan fingerprint density at radius 3 is 2.93 bits per heavy atom. The normalized spacial score (nSPS) is 12.7. The molecule has 0 radical (unpaired) electrons. The molecule has 0 unspecified atom stereocenters. The Labute approximate surface area is 158 Å². The van der Waals surface area contributed by atoms with E-state index < -0.39 is 16.8 Å². The first-order chi connectivity index (χ1) is 12.9. The number of urea groups is 1. The maximum Gasteiger partial charge on any atom is 0.319 e. The summed E-state index contributed by atoms with van der Waals surface area (Å²) >= 11 is 5.73. The average Bonchev–Trinajstić information content (AvgIpc) is 2.63. The Hall–Kier alpha value is -2.91. The summed E-state index contributed by atoms with van der Waals surface area (Å²) in [6.45, 7) is 0.569. The van der Waals surface area contributed by atoms with E-state index in [1.165, 1.54) is 30.3 Å². The molecule has 1 aliphatic rings. The van der Waals surface area contributed by atoms with Crippen molar-refractivity contribution in [1.82, 2.24) is 5.32 Å². The smallest absolute Gasteiger partial charge is 0.319 e. The SMILES string of the molecule is O=C(NCCc1cc(F)cc2c1OCOC2)Nc1ccc(Cl)c([N+](=O)[O-])c1. The molecule has 0 bridgehead atoms. The van der Waals surface area contributed by atoms with E-state index in [-0.39, 0.29) is 36.3 Å². The number of nitro groups is 1. The molecule has 1 heterocycles. The molecule has 2 amide bonds. The van der Waals surface area contributed by atoms with Gasteiger partial charge in [0.25, 0.3) is 5.69 Å². The Bertz CT molecular complexity index is 893. The van der Waals surface area contributed by atoms with Crippen molar-refractivity contribution in [2.45, 2.75) is 13.0 Å². The number of hydrogen-bond acceptors (Lipinski definition) is 5. The standard InChI is InChI=1S/C17H15ClFN3O5/c18-14-2-1-13(7-15(14)22(24)25)21-17(23)20-4-3-10-5-12(19)6-11-8-26-9-27-16(10)11/h1-2,5-7H,3-4,8-9H2,(H2,20,21,23). The fourth-order valence-corrected chi connectivity index (χ4v) is 2.85. The number of nitrogens with one attached hydrogen (secondary N) is 2. The maximum absolute atomic E-state index is 13.7. The zero-order chi connectivity index (χ0) is 19.4. The van der Waals surface area contributed by atoms with Gasteiger partial charge in [-0.05, 0) is 36.2 Å². The summed E-state index contributed by atoms with van der Waals surface area (Å²) in [6, 6.07) is 6.09. The molecule has 2 aromatic rings. The molecule has 0 aromatic heterocycles. The lowest BCUT2D eigenvalue weighted by atomic mass is 10.1. The fourth-order valence-electron chi connectivity index (χ4n) is 2.66. The van der Waals surface area contributed by atoms with E-state index in [0.29, 0.717) is 23.3 Å². The molecule has 3 rings (SSSR count). The Balaban J connectivity index is 1.58. The highest BCUT2D eigenvalue weighted by atomic mass is 35.5. The van der Waals surface area contributed by atoms with Crippen molar-refractivity contribution in [1.29, 1.82) is 0 Å². The van der Waals surface area contributed by atoms with Gasteiger partial charge in [0.05, 0.1) is 11.5 Å². The largest absolute Gasteiger partial charge is 0.467 e. The van der Waals surface area contributed by atoms with Gasteiger partial charge >= 0.3 is 6.03 Å². The number of carbonyl (C=O) groups is 1. The number of hydrogen-bond donors (Lipinski definition) is 2. The third-order valence-electron chi connectivity index (χ3n) is 3.83. The first-order valence-electron chi connectivity index (χ1n) is 7.94. The van der Waals surface area contributed by atoms with Gasteiger partial charge < -0.3 is 20.1 Å². The van der Waals surface area contributed by atoms with E-state index in [4.69, 9.17) is 21.1 Å². The van der Waals surface area contributed by atoms with Gasteiger partial charge in [-0.2, -0.15) is 0 Å². The second-order valence-corrected chi connectivity index (χ2v) is 6.13. The summed E-state index contributed by atoms with van der Waals surface area (Å²) in [5, 5.41) is 15.9. The second kappa shape index (κ2) is 8.19. The van der Waals surface area contributed by atoms with E-state index in [1.807, 2.05) is 0 Å². The molecule has 2 N–H and O–H groups in total. The summed E-state index contributed by atoms with van der Waals surface area (Å²) in [5.74, 6) is 0.161. The van der Waals surface area contributed by atoms with Crippen LogP contribution < -0.4 is 15.4 Å². The molecule has 0 saturated carbocycles. The van der Waals surface area contributed by atoms with Crippen LogP contribution in [-0.2, 0) is 17.8 Å². The van der Waals surface area contributed by atoms with Crippen LogP contribution >= 0.6 is 11.6 Å². The first kappa shape index (κ1) is 18.9. The van der Waals surface area contributed by atoms with Crippen LogP contribution in [0.5, 0.6) is 5.75 Å². The summed E-state index contributed by atoms with van der Waals surface area (Å²) in [6.07, 6.45) is 0.342. The molecule has 0 atom stereocenters. The van der Waals surface area contributed by atoms with Crippen molar-refractivity contribution >= 4 is 29.0 Å². The molecule has 27 heavy (non-hydrogen) atoms. The van der Waals surface area contributed by atoms with Gasteiger partial charge in [-0.1, -0.05) is 11.6 Å². The zero-order valence-corrected chi connectivity index (χ0v) is 14.7. The number of amides is 2. The minimum Gasteiger partial charge on any atom is -0.467 e. The van der Waals surface area contributed by atoms with Crippen LogP contribution in [0, 0.1) is 15.9 Å². The topological polar surface area (TPSA) is 103 Å². The summed E-state index contributed by atoms with van der Waals surface area (Å²) in [4.78, 5) is 22.2. The van der Waals surface area contributed by atoms with Crippen LogP contribution in [-0.4, -0.2) is 24.3 Å². The Kier molecular flexibility index (Phi) is 5.72. The van der Waals surface area contributed by atoms with Crippen LogP contribution in [0.3, 0.4) is 0 Å². The van der Waals surface area contributed by atoms with Gasteiger partial charge in [0.1, 0.15) is 16.6 Å². The number of benzene rings is 2. The van der Waals surface area contributed by atoms with E-state index in [0.717, 1.165) is 0 Å². The lowest BCUT2D eigenvalue weighted by molar-refractivity contribution is -0.384. The van der Waals surface area contributed by atoms with Crippen LogP contribution in [0.2, 0.25) is 5.02 Å². The summed E-state index contributed by atoms with van der Waals surface area (Å²) < 4.78 is 24.2. The summed E-state index contributed by atoms with van der Waals surface area (Å²) in [5.41, 5.74) is 1.16. The third-order valence-corrected chi connectivity index (χ3v) is 4.15. The highest BCUT2D eigenvalue weighted by Crippen LogP contribution is 2.30. The lowest BCUT2D eigenvalue weighted by Gasteiger charge is -2.21. The predicted molar refractivity (Wildman–Crippen MR) is 95.5 cm³/mol. The Morgan fingerprint density at radius 1 is 1.33 bits per heavy atom. The number of rotatable bonds is 5. The molecule has 1 aliphatic heterocycles. The van der Waals surface area contributed by atoms with Crippen molar-refractivity contribution in [3.8, 4) is 5.75 Å². The Morgan fingerprint density at radius 2 is 2.15 bits per heavy atom. The molecule has 0 spiro atoms. The van der Waals surface area contributed by atoms with Gasteiger partial charge in [0.2, 0.25) is 0 Å². The molecule has 8 nitrogen and oxygen atoms in total. The van der Waals surface area contributed by atoms with Crippen molar-refractivity contribution in [2.75, 3.05) is 18.7 Å². The highest BCUT2D eigenvalue weighted by molar-refractivity contribution is 6.32. The average molecular weight is 396 g/mol. The number of halogens is 2. The van der Waals surface area contributed by atoms with Crippen molar-refractivity contribution in [2.24, 2.45) is 0 Å². The first-order valence-corrected chi connectivity index (χ1v) is 8.32. The maximum atomic E-state index is 13.7.